The summed E-state index contributed by atoms with van der Waals surface area (Å²) in [6.07, 6.45) is 0. The molecule has 0 aliphatic rings. The van der Waals surface area contributed by atoms with Crippen LogP contribution in [0, 0.1) is 20.2 Å². The van der Waals surface area contributed by atoms with E-state index >= 15 is 0 Å². The third-order valence-corrected chi connectivity index (χ3v) is 3.01. The minimum absolute atomic E-state index is 0.216. The van der Waals surface area contributed by atoms with E-state index in [9.17, 15) is 25.0 Å². The largest absolute Gasteiger partial charge is 0.465 e. The summed E-state index contributed by atoms with van der Waals surface area (Å²) in [7, 11) is 1.22. The monoisotopic (exact) mass is 302 g/mol. The van der Waals surface area contributed by atoms with Crippen LogP contribution < -0.4 is 0 Å². The number of nitro benzene ring substituents is 2. The summed E-state index contributed by atoms with van der Waals surface area (Å²) in [6.45, 7) is 0. The lowest BCUT2D eigenvalue weighted by Crippen LogP contribution is -2.03. The van der Waals surface area contributed by atoms with Crippen molar-refractivity contribution in [1.29, 1.82) is 0 Å². The average molecular weight is 302 g/mol. The average Bonchev–Trinajstić information content (AvgIpc) is 2.53. The Bertz CT molecular complexity index is 772. The Hall–Kier alpha value is -3.29. The van der Waals surface area contributed by atoms with Crippen LogP contribution in [-0.4, -0.2) is 22.9 Å². The molecule has 0 aromatic heterocycles. The molecule has 0 aliphatic carbocycles. The molecule has 0 saturated carbocycles. The van der Waals surface area contributed by atoms with Gasteiger partial charge in [0.05, 0.1) is 22.5 Å². The number of hydrogen-bond acceptors (Lipinski definition) is 6. The van der Waals surface area contributed by atoms with Crippen molar-refractivity contribution in [3.63, 3.8) is 0 Å². The Balaban J connectivity index is 2.65. The summed E-state index contributed by atoms with van der Waals surface area (Å²) in [5.74, 6) is -0.600. The van der Waals surface area contributed by atoms with E-state index in [1.807, 2.05) is 0 Å². The van der Waals surface area contributed by atoms with Crippen molar-refractivity contribution >= 4 is 17.3 Å². The van der Waals surface area contributed by atoms with Crippen LogP contribution in [-0.2, 0) is 4.74 Å². The van der Waals surface area contributed by atoms with Gasteiger partial charge in [-0.15, -0.1) is 0 Å². The molecule has 2 rings (SSSR count). The fraction of sp³-hybridized carbons (Fsp3) is 0.0714. The molecule has 22 heavy (non-hydrogen) atoms. The van der Waals surface area contributed by atoms with E-state index in [1.165, 1.54) is 19.2 Å². The van der Waals surface area contributed by atoms with E-state index in [1.54, 1.807) is 18.2 Å². The number of methoxy groups -OCH3 is 1. The maximum absolute atomic E-state index is 11.7. The molecule has 0 N–H and O–H groups in total. The zero-order valence-electron chi connectivity index (χ0n) is 11.4. The third-order valence-electron chi connectivity index (χ3n) is 3.01. The fourth-order valence-corrected chi connectivity index (χ4v) is 2.01. The maximum atomic E-state index is 11.7. The maximum Gasteiger partial charge on any atom is 0.346 e. The second-order valence-corrected chi connectivity index (χ2v) is 4.25. The van der Waals surface area contributed by atoms with Crippen LogP contribution >= 0.6 is 0 Å². The van der Waals surface area contributed by atoms with Gasteiger partial charge in [0.2, 0.25) is 0 Å². The van der Waals surface area contributed by atoms with E-state index in [0.29, 0.717) is 11.1 Å². The Morgan fingerprint density at radius 1 is 1.00 bits per heavy atom. The van der Waals surface area contributed by atoms with Crippen molar-refractivity contribution in [1.82, 2.24) is 0 Å². The number of nitro groups is 2. The summed E-state index contributed by atoms with van der Waals surface area (Å²) in [5, 5.41) is 21.8. The van der Waals surface area contributed by atoms with Gasteiger partial charge in [-0.2, -0.15) is 0 Å². The van der Waals surface area contributed by atoms with Crippen LogP contribution in [0.25, 0.3) is 11.1 Å². The summed E-state index contributed by atoms with van der Waals surface area (Å²) < 4.78 is 4.66. The number of benzene rings is 2. The molecule has 0 saturated heterocycles. The van der Waals surface area contributed by atoms with Gasteiger partial charge in [0, 0.05) is 12.1 Å². The van der Waals surface area contributed by atoms with Crippen molar-refractivity contribution in [2.75, 3.05) is 7.11 Å². The number of esters is 1. The normalized spacial score (nSPS) is 10.0. The van der Waals surface area contributed by atoms with Crippen LogP contribution in [0.3, 0.4) is 0 Å². The van der Waals surface area contributed by atoms with Gasteiger partial charge >= 0.3 is 17.3 Å². The van der Waals surface area contributed by atoms with Gasteiger partial charge < -0.3 is 4.74 Å². The minimum Gasteiger partial charge on any atom is -0.465 e. The van der Waals surface area contributed by atoms with Gasteiger partial charge in [-0.1, -0.05) is 18.2 Å². The van der Waals surface area contributed by atoms with Crippen LogP contribution in [0.4, 0.5) is 11.4 Å². The molecule has 0 fully saturated rings. The van der Waals surface area contributed by atoms with Gasteiger partial charge in [0.1, 0.15) is 0 Å². The predicted molar refractivity (Wildman–Crippen MR) is 76.5 cm³/mol. The zero-order valence-corrected chi connectivity index (χ0v) is 11.4. The predicted octanol–water partition coefficient (Wildman–Crippen LogP) is 2.96. The standard InChI is InChI=1S/C14H10N2O6/c1-22-14(17)11-5-3-2-4-10(11)9-6-7-12(15(18)19)13(8-9)16(20)21/h2-8H,1H3. The summed E-state index contributed by atoms with van der Waals surface area (Å²) in [4.78, 5) is 31.9. The lowest BCUT2D eigenvalue weighted by atomic mass is 9.99. The molecule has 0 bridgehead atoms. The van der Waals surface area contributed by atoms with Crippen molar-refractivity contribution < 1.29 is 19.4 Å². The second-order valence-electron chi connectivity index (χ2n) is 4.25. The van der Waals surface area contributed by atoms with Crippen molar-refractivity contribution in [3.8, 4) is 11.1 Å². The summed E-state index contributed by atoms with van der Waals surface area (Å²) in [6, 6.07) is 9.82. The number of hydrogen-bond donors (Lipinski definition) is 0. The second kappa shape index (κ2) is 6.00. The highest BCUT2D eigenvalue weighted by molar-refractivity contribution is 5.97. The van der Waals surface area contributed by atoms with Crippen molar-refractivity contribution in [3.05, 3.63) is 68.3 Å². The number of carbonyl (C=O) groups is 1. The summed E-state index contributed by atoms with van der Waals surface area (Å²) in [5.41, 5.74) is -0.315. The summed E-state index contributed by atoms with van der Waals surface area (Å²) >= 11 is 0. The molecule has 0 heterocycles. The smallest absolute Gasteiger partial charge is 0.346 e. The molecule has 2 aromatic rings. The lowest BCUT2D eigenvalue weighted by Gasteiger charge is -2.07. The Kier molecular flexibility index (Phi) is 4.12. The Morgan fingerprint density at radius 3 is 2.23 bits per heavy atom. The highest BCUT2D eigenvalue weighted by Crippen LogP contribution is 2.33. The quantitative estimate of drug-likeness (QED) is 0.487. The van der Waals surface area contributed by atoms with Crippen LogP contribution in [0.2, 0.25) is 0 Å². The topological polar surface area (TPSA) is 113 Å². The molecule has 0 amide bonds. The fourth-order valence-electron chi connectivity index (χ4n) is 2.01. The lowest BCUT2D eigenvalue weighted by molar-refractivity contribution is -0.422. The van der Waals surface area contributed by atoms with E-state index in [0.717, 1.165) is 12.1 Å². The molecule has 8 nitrogen and oxygen atoms in total. The molecule has 112 valence electrons. The minimum atomic E-state index is -0.831. The first kappa shape index (κ1) is 15.1. The Labute approximate surface area is 124 Å². The molecule has 0 radical (unpaired) electrons. The van der Waals surface area contributed by atoms with Crippen LogP contribution in [0.1, 0.15) is 10.4 Å². The molecule has 0 aliphatic heterocycles. The number of carbonyl (C=O) groups excluding carboxylic acids is 1. The Morgan fingerprint density at radius 2 is 1.64 bits per heavy atom. The van der Waals surface area contributed by atoms with Gasteiger partial charge in [-0.25, -0.2) is 4.79 Å². The SMILES string of the molecule is COC(=O)c1ccccc1-c1ccc([N+](=O)[O-])c([N+](=O)[O-])c1. The van der Waals surface area contributed by atoms with E-state index in [-0.39, 0.29) is 5.56 Å². The molecular formula is C14H10N2O6. The van der Waals surface area contributed by atoms with Gasteiger partial charge in [-0.3, -0.25) is 20.2 Å². The van der Waals surface area contributed by atoms with Gasteiger partial charge in [0.15, 0.2) is 0 Å². The first-order valence-corrected chi connectivity index (χ1v) is 6.06. The first-order valence-electron chi connectivity index (χ1n) is 6.06. The number of rotatable bonds is 4. The zero-order chi connectivity index (χ0) is 16.3. The molecule has 8 heteroatoms. The number of ether oxygens (including phenoxy) is 1. The molecular weight excluding hydrogens is 292 g/mol. The van der Waals surface area contributed by atoms with E-state index < -0.39 is 27.2 Å². The molecule has 2 aromatic carbocycles. The van der Waals surface area contributed by atoms with Gasteiger partial charge in [-0.05, 0) is 23.3 Å². The highest BCUT2D eigenvalue weighted by atomic mass is 16.6. The van der Waals surface area contributed by atoms with Gasteiger partial charge in [0.25, 0.3) is 0 Å². The molecule has 0 unspecified atom stereocenters. The molecule has 0 atom stereocenters. The van der Waals surface area contributed by atoms with Crippen LogP contribution in [0.5, 0.6) is 0 Å². The number of nitrogens with zero attached hydrogens (tertiary/aromatic N) is 2. The van der Waals surface area contributed by atoms with E-state index in [2.05, 4.69) is 4.74 Å². The highest BCUT2D eigenvalue weighted by Gasteiger charge is 2.25. The third kappa shape index (κ3) is 2.75. The van der Waals surface area contributed by atoms with Crippen molar-refractivity contribution in [2.24, 2.45) is 0 Å². The van der Waals surface area contributed by atoms with Crippen LogP contribution in [0.15, 0.2) is 42.5 Å². The van der Waals surface area contributed by atoms with Crippen molar-refractivity contribution in [2.45, 2.75) is 0 Å². The molecule has 0 spiro atoms. The first-order chi connectivity index (χ1) is 10.5. The van der Waals surface area contributed by atoms with E-state index in [4.69, 9.17) is 0 Å².